The second-order valence-electron chi connectivity index (χ2n) is 6.22. The summed E-state index contributed by atoms with van der Waals surface area (Å²) in [6.45, 7) is 2.61. The first-order chi connectivity index (χ1) is 11.1. The van der Waals surface area contributed by atoms with Crippen molar-refractivity contribution in [3.8, 4) is 0 Å². The highest BCUT2D eigenvalue weighted by Crippen LogP contribution is 2.21. The number of hydrogen-bond acceptors (Lipinski definition) is 3. The Labute approximate surface area is 135 Å². The van der Waals surface area contributed by atoms with Gasteiger partial charge >= 0.3 is 0 Å². The van der Waals surface area contributed by atoms with Crippen molar-refractivity contribution >= 4 is 16.8 Å². The van der Waals surface area contributed by atoms with Crippen LogP contribution in [0.1, 0.15) is 26.2 Å². The number of fused-ring (bicyclic) bond motifs is 1. The Balaban J connectivity index is 1.88. The van der Waals surface area contributed by atoms with E-state index in [2.05, 4.69) is 0 Å². The summed E-state index contributed by atoms with van der Waals surface area (Å²) in [6.07, 6.45) is 4.00. The number of benzene rings is 1. The predicted molar refractivity (Wildman–Crippen MR) is 89.2 cm³/mol. The van der Waals surface area contributed by atoms with Gasteiger partial charge in [0.05, 0.1) is 17.7 Å². The summed E-state index contributed by atoms with van der Waals surface area (Å²) >= 11 is 0. The second-order valence-corrected chi connectivity index (χ2v) is 6.22. The highest BCUT2D eigenvalue weighted by molar-refractivity contribution is 5.82. The van der Waals surface area contributed by atoms with Crippen molar-refractivity contribution in [3.63, 3.8) is 0 Å². The molecule has 1 N–H and O–H groups in total. The Morgan fingerprint density at radius 3 is 2.87 bits per heavy atom. The number of pyridine rings is 1. The molecule has 0 bridgehead atoms. The van der Waals surface area contributed by atoms with E-state index < -0.39 is 6.10 Å². The van der Waals surface area contributed by atoms with E-state index in [9.17, 15) is 14.7 Å². The summed E-state index contributed by atoms with van der Waals surface area (Å²) in [6, 6.07) is 8.70. The topological polar surface area (TPSA) is 62.5 Å². The van der Waals surface area contributed by atoms with Crippen LogP contribution in [0.4, 0.5) is 0 Å². The number of aromatic nitrogens is 1. The SMILES string of the molecule is CC(O)C1CCCCN1C(=O)Cn1ccc(=O)c2ccccc21. The van der Waals surface area contributed by atoms with Crippen molar-refractivity contribution in [2.24, 2.45) is 0 Å². The van der Waals surface area contributed by atoms with E-state index in [1.165, 1.54) is 6.07 Å². The average Bonchev–Trinajstić information content (AvgIpc) is 2.57. The number of carbonyl (C=O) groups excluding carboxylic acids is 1. The largest absolute Gasteiger partial charge is 0.391 e. The van der Waals surface area contributed by atoms with Gasteiger partial charge in [-0.2, -0.15) is 0 Å². The summed E-state index contributed by atoms with van der Waals surface area (Å²) in [7, 11) is 0. The van der Waals surface area contributed by atoms with Gasteiger partial charge in [-0.1, -0.05) is 12.1 Å². The zero-order valence-corrected chi connectivity index (χ0v) is 13.3. The van der Waals surface area contributed by atoms with Crippen LogP contribution in [-0.4, -0.2) is 39.2 Å². The van der Waals surface area contributed by atoms with Gasteiger partial charge < -0.3 is 14.6 Å². The fraction of sp³-hybridized carbons (Fsp3) is 0.444. The second kappa shape index (κ2) is 6.54. The molecule has 122 valence electrons. The average molecular weight is 314 g/mol. The number of nitrogens with zero attached hydrogens (tertiary/aromatic N) is 2. The summed E-state index contributed by atoms with van der Waals surface area (Å²) < 4.78 is 1.81. The monoisotopic (exact) mass is 314 g/mol. The molecule has 2 aromatic rings. The Morgan fingerprint density at radius 1 is 1.30 bits per heavy atom. The fourth-order valence-electron chi connectivity index (χ4n) is 3.40. The van der Waals surface area contributed by atoms with Crippen LogP contribution in [0.2, 0.25) is 0 Å². The Kier molecular flexibility index (Phi) is 4.48. The number of piperidine rings is 1. The maximum Gasteiger partial charge on any atom is 0.242 e. The van der Waals surface area contributed by atoms with Gasteiger partial charge in [-0.15, -0.1) is 0 Å². The molecule has 0 saturated carbocycles. The van der Waals surface area contributed by atoms with Crippen LogP contribution in [-0.2, 0) is 11.3 Å². The third-order valence-corrected chi connectivity index (χ3v) is 4.62. The molecule has 5 heteroatoms. The minimum absolute atomic E-state index is 0.00981. The van der Waals surface area contributed by atoms with E-state index in [1.807, 2.05) is 22.8 Å². The predicted octanol–water partition coefficient (Wildman–Crippen LogP) is 1.76. The van der Waals surface area contributed by atoms with Crippen LogP contribution >= 0.6 is 0 Å². The van der Waals surface area contributed by atoms with Crippen molar-refractivity contribution in [2.75, 3.05) is 6.54 Å². The van der Waals surface area contributed by atoms with Gasteiger partial charge in [-0.05, 0) is 38.3 Å². The quantitative estimate of drug-likeness (QED) is 0.939. The Hall–Kier alpha value is -2.14. The third-order valence-electron chi connectivity index (χ3n) is 4.62. The Morgan fingerprint density at radius 2 is 2.09 bits per heavy atom. The molecule has 1 aliphatic rings. The first kappa shape index (κ1) is 15.7. The molecule has 1 aliphatic heterocycles. The van der Waals surface area contributed by atoms with Crippen LogP contribution in [0.3, 0.4) is 0 Å². The van der Waals surface area contributed by atoms with Crippen molar-refractivity contribution in [3.05, 3.63) is 46.8 Å². The van der Waals surface area contributed by atoms with Gasteiger partial charge in [0.15, 0.2) is 5.43 Å². The molecule has 2 unspecified atom stereocenters. The molecule has 1 aromatic heterocycles. The molecule has 1 amide bonds. The van der Waals surface area contributed by atoms with Gasteiger partial charge in [0, 0.05) is 24.2 Å². The molecular formula is C18H22N2O3. The first-order valence-electron chi connectivity index (χ1n) is 8.13. The summed E-state index contributed by atoms with van der Waals surface area (Å²) in [4.78, 5) is 26.4. The van der Waals surface area contributed by atoms with Crippen molar-refractivity contribution in [1.29, 1.82) is 0 Å². The van der Waals surface area contributed by atoms with E-state index in [4.69, 9.17) is 0 Å². The number of likely N-dealkylation sites (tertiary alicyclic amines) is 1. The van der Waals surface area contributed by atoms with Gasteiger partial charge in [-0.3, -0.25) is 9.59 Å². The lowest BCUT2D eigenvalue weighted by Gasteiger charge is -2.37. The van der Waals surface area contributed by atoms with Gasteiger partial charge in [0.2, 0.25) is 5.91 Å². The molecule has 1 saturated heterocycles. The smallest absolute Gasteiger partial charge is 0.242 e. The molecule has 0 aliphatic carbocycles. The van der Waals surface area contributed by atoms with E-state index >= 15 is 0 Å². The molecule has 23 heavy (non-hydrogen) atoms. The van der Waals surface area contributed by atoms with E-state index in [0.717, 1.165) is 24.8 Å². The highest BCUT2D eigenvalue weighted by atomic mass is 16.3. The van der Waals surface area contributed by atoms with Gasteiger partial charge in [-0.25, -0.2) is 0 Å². The molecule has 0 radical (unpaired) electrons. The summed E-state index contributed by atoms with van der Waals surface area (Å²) in [5, 5.41) is 10.5. The molecule has 2 atom stereocenters. The minimum Gasteiger partial charge on any atom is -0.391 e. The molecule has 2 heterocycles. The lowest BCUT2D eigenvalue weighted by Crippen LogP contribution is -2.50. The normalized spacial score (nSPS) is 19.7. The van der Waals surface area contributed by atoms with Crippen molar-refractivity contribution in [2.45, 2.75) is 44.9 Å². The number of aliphatic hydroxyl groups is 1. The van der Waals surface area contributed by atoms with E-state index in [0.29, 0.717) is 11.9 Å². The van der Waals surface area contributed by atoms with Crippen LogP contribution in [0.15, 0.2) is 41.3 Å². The van der Waals surface area contributed by atoms with Gasteiger partial charge in [0.1, 0.15) is 6.54 Å². The number of carbonyl (C=O) groups is 1. The van der Waals surface area contributed by atoms with E-state index in [-0.39, 0.29) is 23.9 Å². The lowest BCUT2D eigenvalue weighted by molar-refractivity contribution is -0.138. The number of para-hydroxylation sites is 1. The number of rotatable bonds is 3. The number of aliphatic hydroxyl groups excluding tert-OH is 1. The minimum atomic E-state index is -0.523. The first-order valence-corrected chi connectivity index (χ1v) is 8.13. The molecule has 1 fully saturated rings. The lowest BCUT2D eigenvalue weighted by atomic mass is 9.98. The van der Waals surface area contributed by atoms with E-state index in [1.54, 1.807) is 24.1 Å². The molecule has 5 nitrogen and oxygen atoms in total. The summed E-state index contributed by atoms with van der Waals surface area (Å²) in [5.74, 6) is -0.00981. The molecule has 3 rings (SSSR count). The fourth-order valence-corrected chi connectivity index (χ4v) is 3.40. The highest BCUT2D eigenvalue weighted by Gasteiger charge is 2.29. The van der Waals surface area contributed by atoms with Crippen LogP contribution < -0.4 is 5.43 Å². The number of hydrogen-bond donors (Lipinski definition) is 1. The molecule has 0 spiro atoms. The zero-order valence-electron chi connectivity index (χ0n) is 13.3. The Bertz CT molecular complexity index is 766. The maximum atomic E-state index is 12.7. The maximum absolute atomic E-state index is 12.7. The third kappa shape index (κ3) is 3.15. The van der Waals surface area contributed by atoms with Crippen LogP contribution in [0, 0.1) is 0 Å². The van der Waals surface area contributed by atoms with Crippen molar-refractivity contribution in [1.82, 2.24) is 9.47 Å². The molecule has 1 aromatic carbocycles. The standard InChI is InChI=1S/C18H22N2O3/c1-13(21)15-7-4-5-10-20(15)18(23)12-19-11-9-17(22)14-6-2-3-8-16(14)19/h2-3,6,8-9,11,13,15,21H,4-5,7,10,12H2,1H3. The zero-order chi connectivity index (χ0) is 16.4. The van der Waals surface area contributed by atoms with Crippen LogP contribution in [0.25, 0.3) is 10.9 Å². The van der Waals surface area contributed by atoms with Crippen LogP contribution in [0.5, 0.6) is 0 Å². The summed E-state index contributed by atoms with van der Waals surface area (Å²) in [5.41, 5.74) is 0.725. The number of amides is 1. The van der Waals surface area contributed by atoms with Gasteiger partial charge in [0.25, 0.3) is 0 Å². The van der Waals surface area contributed by atoms with Crippen molar-refractivity contribution < 1.29 is 9.90 Å². The molecular weight excluding hydrogens is 292 g/mol.